The molecule has 0 aliphatic heterocycles. The van der Waals surface area contributed by atoms with E-state index in [1.165, 1.54) is 0 Å². The van der Waals surface area contributed by atoms with E-state index in [1.807, 2.05) is 6.92 Å². The topological polar surface area (TPSA) is 40.5 Å². The number of aliphatic hydroxyl groups is 2. The average molecular weight is 186 g/mol. The summed E-state index contributed by atoms with van der Waals surface area (Å²) in [5, 5.41) is 19.3. The molecule has 0 aromatic heterocycles. The van der Waals surface area contributed by atoms with E-state index in [-0.39, 0.29) is 12.0 Å². The molecule has 0 spiro atoms. The van der Waals surface area contributed by atoms with E-state index in [0.717, 1.165) is 25.7 Å². The van der Waals surface area contributed by atoms with Crippen molar-refractivity contribution in [1.82, 2.24) is 0 Å². The van der Waals surface area contributed by atoms with Gasteiger partial charge in [0.1, 0.15) is 0 Å². The van der Waals surface area contributed by atoms with Crippen molar-refractivity contribution >= 4 is 0 Å². The Morgan fingerprint density at radius 1 is 1.38 bits per heavy atom. The van der Waals surface area contributed by atoms with Gasteiger partial charge in [-0.2, -0.15) is 0 Å². The minimum absolute atomic E-state index is 0.0811. The Hall–Kier alpha value is -0.0800. The molecule has 0 aromatic carbocycles. The molecule has 0 aromatic rings. The summed E-state index contributed by atoms with van der Waals surface area (Å²) in [5.41, 5.74) is -0.396. The maximum absolute atomic E-state index is 10.1. The van der Waals surface area contributed by atoms with Gasteiger partial charge in [-0.15, -0.1) is 0 Å². The van der Waals surface area contributed by atoms with Gasteiger partial charge in [0.15, 0.2) is 0 Å². The van der Waals surface area contributed by atoms with Crippen molar-refractivity contribution in [2.24, 2.45) is 11.3 Å². The van der Waals surface area contributed by atoms with Crippen LogP contribution in [0.4, 0.5) is 0 Å². The fourth-order valence-electron chi connectivity index (χ4n) is 2.55. The second-order valence-electron chi connectivity index (χ2n) is 5.16. The molecular weight excluding hydrogens is 164 g/mol. The highest BCUT2D eigenvalue weighted by Gasteiger charge is 2.42. The van der Waals surface area contributed by atoms with E-state index in [0.29, 0.717) is 5.92 Å². The Balaban J connectivity index is 2.69. The van der Waals surface area contributed by atoms with Crippen LogP contribution in [0.1, 0.15) is 46.5 Å². The van der Waals surface area contributed by atoms with Crippen molar-refractivity contribution < 1.29 is 10.2 Å². The van der Waals surface area contributed by atoms with Gasteiger partial charge in [-0.3, -0.25) is 0 Å². The Bertz CT molecular complexity index is 177. The van der Waals surface area contributed by atoms with E-state index in [9.17, 15) is 10.2 Å². The summed E-state index contributed by atoms with van der Waals surface area (Å²) in [6.07, 6.45) is 3.45. The maximum Gasteiger partial charge on any atom is 0.0650 e. The standard InChI is InChI=1S/C11H22O2/c1-4-11(13)6-5-9(7-12)10(2,3)8-11/h9,12-13H,4-8H2,1-3H3. The van der Waals surface area contributed by atoms with Crippen molar-refractivity contribution in [3.05, 3.63) is 0 Å². The summed E-state index contributed by atoms with van der Waals surface area (Å²) in [6, 6.07) is 0. The van der Waals surface area contributed by atoms with Crippen molar-refractivity contribution in [3.63, 3.8) is 0 Å². The van der Waals surface area contributed by atoms with E-state index < -0.39 is 5.60 Å². The van der Waals surface area contributed by atoms with Gasteiger partial charge < -0.3 is 10.2 Å². The van der Waals surface area contributed by atoms with Crippen molar-refractivity contribution in [2.75, 3.05) is 6.61 Å². The molecule has 2 atom stereocenters. The second-order valence-corrected chi connectivity index (χ2v) is 5.16. The molecule has 0 saturated heterocycles. The lowest BCUT2D eigenvalue weighted by molar-refractivity contribution is -0.0771. The number of rotatable bonds is 2. The first kappa shape index (κ1) is 11.0. The van der Waals surface area contributed by atoms with Crippen LogP contribution in [-0.2, 0) is 0 Å². The monoisotopic (exact) mass is 186 g/mol. The molecule has 13 heavy (non-hydrogen) atoms. The molecule has 1 aliphatic carbocycles. The van der Waals surface area contributed by atoms with E-state index in [2.05, 4.69) is 13.8 Å². The molecule has 0 radical (unpaired) electrons. The average Bonchev–Trinajstić information content (AvgIpc) is 2.03. The van der Waals surface area contributed by atoms with Gasteiger partial charge in [0, 0.05) is 6.61 Å². The first-order valence-electron chi connectivity index (χ1n) is 5.27. The summed E-state index contributed by atoms with van der Waals surface area (Å²) >= 11 is 0. The molecule has 1 rings (SSSR count). The number of aliphatic hydroxyl groups excluding tert-OH is 1. The maximum atomic E-state index is 10.1. The fraction of sp³-hybridized carbons (Fsp3) is 1.00. The lowest BCUT2D eigenvalue weighted by Crippen LogP contribution is -2.44. The lowest BCUT2D eigenvalue weighted by atomic mass is 9.63. The minimum atomic E-state index is -0.477. The Labute approximate surface area is 81.0 Å². The SMILES string of the molecule is CCC1(O)CCC(CO)C(C)(C)C1. The molecule has 78 valence electrons. The summed E-state index contributed by atoms with van der Waals surface area (Å²) in [5.74, 6) is 0.360. The summed E-state index contributed by atoms with van der Waals surface area (Å²) in [4.78, 5) is 0. The second kappa shape index (κ2) is 3.58. The van der Waals surface area contributed by atoms with Crippen LogP contribution in [0.5, 0.6) is 0 Å². The van der Waals surface area contributed by atoms with Crippen molar-refractivity contribution in [3.8, 4) is 0 Å². The van der Waals surface area contributed by atoms with Crippen LogP contribution < -0.4 is 0 Å². The third-order valence-corrected chi connectivity index (χ3v) is 3.73. The highest BCUT2D eigenvalue weighted by Crippen LogP contribution is 2.46. The molecule has 0 amide bonds. The van der Waals surface area contributed by atoms with E-state index in [1.54, 1.807) is 0 Å². The normalized spacial score (nSPS) is 39.0. The molecule has 0 heterocycles. The van der Waals surface area contributed by atoms with E-state index >= 15 is 0 Å². The van der Waals surface area contributed by atoms with Crippen LogP contribution in [0.3, 0.4) is 0 Å². The zero-order chi connectivity index (χ0) is 10.1. The van der Waals surface area contributed by atoms with Crippen LogP contribution in [0.25, 0.3) is 0 Å². The molecular formula is C11H22O2. The molecule has 1 saturated carbocycles. The molecule has 1 fully saturated rings. The van der Waals surface area contributed by atoms with Crippen LogP contribution in [0.2, 0.25) is 0 Å². The quantitative estimate of drug-likeness (QED) is 0.692. The molecule has 2 N–H and O–H groups in total. The first-order valence-corrected chi connectivity index (χ1v) is 5.27. The predicted octanol–water partition coefficient (Wildman–Crippen LogP) is 1.95. The fourth-order valence-corrected chi connectivity index (χ4v) is 2.55. The van der Waals surface area contributed by atoms with Crippen LogP contribution in [-0.4, -0.2) is 22.4 Å². The Morgan fingerprint density at radius 3 is 2.38 bits per heavy atom. The zero-order valence-electron chi connectivity index (χ0n) is 9.01. The van der Waals surface area contributed by atoms with Crippen LogP contribution in [0.15, 0.2) is 0 Å². The van der Waals surface area contributed by atoms with Crippen LogP contribution >= 0.6 is 0 Å². The third kappa shape index (κ3) is 2.23. The smallest absolute Gasteiger partial charge is 0.0650 e. The van der Waals surface area contributed by atoms with Gasteiger partial charge in [0.05, 0.1) is 5.60 Å². The summed E-state index contributed by atoms with van der Waals surface area (Å²) in [7, 11) is 0. The third-order valence-electron chi connectivity index (χ3n) is 3.73. The first-order chi connectivity index (χ1) is 5.93. The summed E-state index contributed by atoms with van der Waals surface area (Å²) < 4.78 is 0. The Kier molecular flexibility index (Phi) is 3.03. The molecule has 0 bridgehead atoms. The minimum Gasteiger partial charge on any atom is -0.396 e. The van der Waals surface area contributed by atoms with Gasteiger partial charge in [0.2, 0.25) is 0 Å². The van der Waals surface area contributed by atoms with Crippen molar-refractivity contribution in [1.29, 1.82) is 0 Å². The molecule has 2 unspecified atom stereocenters. The van der Waals surface area contributed by atoms with Crippen molar-refractivity contribution in [2.45, 2.75) is 52.1 Å². The van der Waals surface area contributed by atoms with Crippen LogP contribution in [0, 0.1) is 11.3 Å². The largest absolute Gasteiger partial charge is 0.396 e. The zero-order valence-corrected chi connectivity index (χ0v) is 9.01. The van der Waals surface area contributed by atoms with Gasteiger partial charge >= 0.3 is 0 Å². The van der Waals surface area contributed by atoms with E-state index in [4.69, 9.17) is 0 Å². The molecule has 2 heteroatoms. The van der Waals surface area contributed by atoms with Gasteiger partial charge in [-0.1, -0.05) is 20.8 Å². The predicted molar refractivity (Wildman–Crippen MR) is 53.4 cm³/mol. The lowest BCUT2D eigenvalue weighted by Gasteiger charge is -2.46. The number of hydrogen-bond acceptors (Lipinski definition) is 2. The van der Waals surface area contributed by atoms with Gasteiger partial charge in [0.25, 0.3) is 0 Å². The summed E-state index contributed by atoms with van der Waals surface area (Å²) in [6.45, 7) is 6.59. The number of hydrogen-bond donors (Lipinski definition) is 2. The highest BCUT2D eigenvalue weighted by molar-refractivity contribution is 4.94. The molecule has 2 nitrogen and oxygen atoms in total. The van der Waals surface area contributed by atoms with Gasteiger partial charge in [-0.25, -0.2) is 0 Å². The highest BCUT2D eigenvalue weighted by atomic mass is 16.3. The van der Waals surface area contributed by atoms with Gasteiger partial charge in [-0.05, 0) is 37.0 Å². The Morgan fingerprint density at radius 2 is 2.00 bits per heavy atom. The molecule has 1 aliphatic rings.